The number of rotatable bonds is 3. The summed E-state index contributed by atoms with van der Waals surface area (Å²) >= 11 is -2.08. The summed E-state index contributed by atoms with van der Waals surface area (Å²) in [5.41, 5.74) is 1.44. The Bertz CT molecular complexity index is 565. The molecule has 0 saturated heterocycles. The molecule has 0 aliphatic heterocycles. The van der Waals surface area contributed by atoms with Crippen molar-refractivity contribution in [3.05, 3.63) is 36.0 Å². The van der Waals surface area contributed by atoms with Gasteiger partial charge in [0.25, 0.3) is 0 Å². The van der Waals surface area contributed by atoms with Crippen LogP contribution in [0.1, 0.15) is 12.8 Å². The Morgan fingerprint density at radius 3 is 2.67 bits per heavy atom. The van der Waals surface area contributed by atoms with Gasteiger partial charge in [-0.25, -0.2) is 0 Å². The molecule has 0 unspecified atom stereocenters. The molecule has 90 valence electrons. The first-order chi connectivity index (χ1) is 8.56. The Hall–Kier alpha value is -1.23. The van der Waals surface area contributed by atoms with E-state index in [0.29, 0.717) is 14.9 Å². The van der Waals surface area contributed by atoms with Crippen LogP contribution in [-0.2, 0) is 32.5 Å². The van der Waals surface area contributed by atoms with E-state index in [9.17, 15) is 9.18 Å². The van der Waals surface area contributed by atoms with E-state index in [1.807, 2.05) is 0 Å². The number of benzene rings is 1. The van der Waals surface area contributed by atoms with E-state index in [-0.39, 0.29) is 11.8 Å². The molecular weight excluding hydrogens is 426 g/mol. The molecule has 0 atom stereocenters. The van der Waals surface area contributed by atoms with E-state index < -0.39 is 25.0 Å². The molecular formula is C12H10FHgNO3. The number of halogens is 1. The third-order valence-corrected chi connectivity index (χ3v) is 7.35. The van der Waals surface area contributed by atoms with E-state index in [1.54, 1.807) is 19.1 Å². The van der Waals surface area contributed by atoms with Crippen molar-refractivity contribution >= 4 is 9.24 Å². The van der Waals surface area contributed by atoms with Crippen LogP contribution in [0.2, 0.25) is 0 Å². The minimum absolute atomic E-state index is 0.296. The quantitative estimate of drug-likeness (QED) is 0.692. The fraction of sp³-hybridized carbons (Fsp3) is 0.167. The van der Waals surface area contributed by atoms with E-state index in [4.69, 9.17) is 7.06 Å². The number of oxazole rings is 1. The van der Waals surface area contributed by atoms with Crippen LogP contribution in [0.3, 0.4) is 0 Å². The summed E-state index contributed by atoms with van der Waals surface area (Å²) in [4.78, 5) is 15.1. The molecule has 0 saturated carbocycles. The SMILES string of the molecule is CC(=O)[O][Hg][c]1oc(C)nc1-c1ccc(F)cc1. The van der Waals surface area contributed by atoms with E-state index in [1.165, 1.54) is 19.1 Å². The molecule has 0 spiro atoms. The topological polar surface area (TPSA) is 52.3 Å². The van der Waals surface area contributed by atoms with Crippen molar-refractivity contribution in [1.29, 1.82) is 0 Å². The van der Waals surface area contributed by atoms with Crippen molar-refractivity contribution < 1.29 is 41.3 Å². The summed E-state index contributed by atoms with van der Waals surface area (Å²) in [7, 11) is 0. The van der Waals surface area contributed by atoms with Gasteiger partial charge in [0.05, 0.1) is 0 Å². The Kier molecular flexibility index (Phi) is 4.11. The first-order valence-corrected chi connectivity index (χ1v) is 10.4. The Labute approximate surface area is 116 Å². The molecule has 2 rings (SSSR count). The summed E-state index contributed by atoms with van der Waals surface area (Å²) < 4.78 is 24.1. The summed E-state index contributed by atoms with van der Waals surface area (Å²) in [6.07, 6.45) is 0. The van der Waals surface area contributed by atoms with Crippen LogP contribution in [0.4, 0.5) is 4.39 Å². The molecule has 2 aromatic rings. The standard InChI is InChI=1S/C10H7FNO.C2H4O2.Hg/c1-7-12-10(6-13-7)8-2-4-9(11)5-3-8;1-2(3)4;/h2-5H,1H3;1H3,(H,3,4);/q;;+1/p-1. The van der Waals surface area contributed by atoms with Gasteiger partial charge in [-0.15, -0.1) is 0 Å². The zero-order valence-corrected chi connectivity index (χ0v) is 15.6. The Morgan fingerprint density at radius 2 is 2.06 bits per heavy atom. The predicted octanol–water partition coefficient (Wildman–Crippen LogP) is 1.98. The molecule has 1 heterocycles. The minimum atomic E-state index is -2.08. The number of hydrogen-bond acceptors (Lipinski definition) is 4. The van der Waals surface area contributed by atoms with Gasteiger partial charge >= 0.3 is 117 Å². The number of aryl methyl sites for hydroxylation is 1. The zero-order valence-electron chi connectivity index (χ0n) is 10.1. The normalized spacial score (nSPS) is 9.94. The molecule has 0 amide bonds. The fourth-order valence-corrected chi connectivity index (χ4v) is 5.54. The molecule has 4 nitrogen and oxygen atoms in total. The number of carbonyl (C=O) groups excluding carboxylic acids is 1. The van der Waals surface area contributed by atoms with Crippen LogP contribution in [0.15, 0.2) is 28.7 Å². The fourth-order valence-electron chi connectivity index (χ4n) is 1.57. The van der Waals surface area contributed by atoms with Crippen LogP contribution in [-0.4, -0.2) is 11.0 Å². The average molecular weight is 436 g/mol. The van der Waals surface area contributed by atoms with Crippen LogP contribution in [0.25, 0.3) is 11.3 Å². The summed E-state index contributed by atoms with van der Waals surface area (Å²) in [6, 6.07) is 6.01. The second-order valence-electron chi connectivity index (χ2n) is 3.79. The van der Waals surface area contributed by atoms with Gasteiger partial charge in [0.1, 0.15) is 0 Å². The van der Waals surface area contributed by atoms with Gasteiger partial charge in [0.15, 0.2) is 0 Å². The van der Waals surface area contributed by atoms with Gasteiger partial charge < -0.3 is 0 Å². The maximum absolute atomic E-state index is 12.9. The molecule has 1 aromatic carbocycles. The van der Waals surface area contributed by atoms with E-state index >= 15 is 0 Å². The molecule has 0 bridgehead atoms. The van der Waals surface area contributed by atoms with Crippen LogP contribution in [0, 0.1) is 12.7 Å². The van der Waals surface area contributed by atoms with Gasteiger partial charge in [0.2, 0.25) is 0 Å². The first kappa shape index (κ1) is 13.2. The van der Waals surface area contributed by atoms with Crippen LogP contribution in [0.5, 0.6) is 0 Å². The molecule has 1 aromatic heterocycles. The summed E-state index contributed by atoms with van der Waals surface area (Å²) in [5, 5.41) is 0. The van der Waals surface area contributed by atoms with Gasteiger partial charge in [-0.05, 0) is 0 Å². The molecule has 18 heavy (non-hydrogen) atoms. The molecule has 6 heteroatoms. The molecule has 0 radical (unpaired) electrons. The molecule has 0 N–H and O–H groups in total. The second-order valence-corrected chi connectivity index (χ2v) is 8.53. The van der Waals surface area contributed by atoms with Crippen molar-refractivity contribution in [2.45, 2.75) is 13.8 Å². The Balaban J connectivity index is 2.31. The van der Waals surface area contributed by atoms with E-state index in [0.717, 1.165) is 5.56 Å². The summed E-state index contributed by atoms with van der Waals surface area (Å²) in [5.74, 6) is -0.0719. The molecule has 0 aliphatic carbocycles. The Morgan fingerprint density at radius 1 is 1.39 bits per heavy atom. The third kappa shape index (κ3) is 3.16. The number of nitrogens with zero attached hydrogens (tertiary/aromatic N) is 1. The van der Waals surface area contributed by atoms with Crippen molar-refractivity contribution in [2.75, 3.05) is 0 Å². The van der Waals surface area contributed by atoms with Gasteiger partial charge in [-0.3, -0.25) is 0 Å². The first-order valence-electron chi connectivity index (χ1n) is 5.42. The second kappa shape index (κ2) is 5.60. The van der Waals surface area contributed by atoms with Gasteiger partial charge in [-0.1, -0.05) is 0 Å². The number of carbonyl (C=O) groups is 1. The van der Waals surface area contributed by atoms with Crippen LogP contribution < -0.4 is 3.27 Å². The van der Waals surface area contributed by atoms with Gasteiger partial charge in [0, 0.05) is 0 Å². The van der Waals surface area contributed by atoms with Crippen molar-refractivity contribution in [1.82, 2.24) is 4.98 Å². The average Bonchev–Trinajstić information content (AvgIpc) is 2.69. The molecule has 0 aliphatic rings. The molecule has 0 fully saturated rings. The van der Waals surface area contributed by atoms with Crippen LogP contribution >= 0.6 is 0 Å². The van der Waals surface area contributed by atoms with Crippen molar-refractivity contribution in [3.8, 4) is 11.3 Å². The zero-order chi connectivity index (χ0) is 13.1. The third-order valence-electron chi connectivity index (χ3n) is 2.33. The predicted molar refractivity (Wildman–Crippen MR) is 58.0 cm³/mol. The maximum atomic E-state index is 12.9. The van der Waals surface area contributed by atoms with Crippen molar-refractivity contribution in [3.63, 3.8) is 0 Å². The summed E-state index contributed by atoms with van der Waals surface area (Å²) in [6.45, 7) is 3.11. The monoisotopic (exact) mass is 437 g/mol. The van der Waals surface area contributed by atoms with Crippen molar-refractivity contribution in [2.24, 2.45) is 0 Å². The van der Waals surface area contributed by atoms with Gasteiger partial charge in [-0.2, -0.15) is 0 Å². The number of hydrogen-bond donors (Lipinski definition) is 0. The van der Waals surface area contributed by atoms with E-state index in [2.05, 4.69) is 4.98 Å². The number of aromatic nitrogens is 1.